The summed E-state index contributed by atoms with van der Waals surface area (Å²) in [4.78, 5) is 25.7. The molecule has 0 N–H and O–H groups in total. The Kier molecular flexibility index (Phi) is 7.33. The Morgan fingerprint density at radius 1 is 1.07 bits per heavy atom. The average molecular weight is 401 g/mol. The predicted octanol–water partition coefficient (Wildman–Crippen LogP) is 3.01. The van der Waals surface area contributed by atoms with E-state index in [4.69, 9.17) is 4.74 Å². The molecule has 1 fully saturated rings. The second-order valence-electron chi connectivity index (χ2n) is 6.59. The van der Waals surface area contributed by atoms with Gasteiger partial charge in [-0.3, -0.25) is 0 Å². The number of carbonyl (C=O) groups excluding carboxylic acids is 2. The van der Waals surface area contributed by atoms with Crippen molar-refractivity contribution in [1.29, 1.82) is 0 Å². The summed E-state index contributed by atoms with van der Waals surface area (Å²) in [5, 5.41) is 0. The Balaban J connectivity index is 1.63. The van der Waals surface area contributed by atoms with Gasteiger partial charge in [-0.05, 0) is 24.1 Å². The highest BCUT2D eigenvalue weighted by atomic mass is 32.2. The Bertz CT molecular complexity index is 801. The fraction of sp³-hybridized carbons (Fsp3) is 0.333. The molecule has 2 atom stereocenters. The van der Waals surface area contributed by atoms with Crippen LogP contribution in [0.3, 0.4) is 0 Å². The molecule has 3 rings (SSSR count). The van der Waals surface area contributed by atoms with E-state index in [0.717, 1.165) is 16.7 Å². The molecule has 28 heavy (non-hydrogen) atoms. The van der Waals surface area contributed by atoms with Gasteiger partial charge in [0.2, 0.25) is 0 Å². The summed E-state index contributed by atoms with van der Waals surface area (Å²) in [5.41, 5.74) is 0.928. The van der Waals surface area contributed by atoms with E-state index in [-0.39, 0.29) is 18.7 Å². The number of hydrogen-bond donors (Lipinski definition) is 0. The number of benzene rings is 2. The summed E-state index contributed by atoms with van der Waals surface area (Å²) in [6, 6.07) is 18.6. The summed E-state index contributed by atoms with van der Waals surface area (Å²) in [6.45, 7) is 1.50. The Morgan fingerprint density at radius 3 is 2.43 bits per heavy atom. The molecule has 2 unspecified atom stereocenters. The van der Waals surface area contributed by atoms with Crippen LogP contribution in [-0.4, -0.2) is 51.5 Å². The number of nitrogens with zero attached hydrogens (tertiary/aromatic N) is 2. The third-order valence-electron chi connectivity index (χ3n) is 4.67. The first-order chi connectivity index (χ1) is 13.7. The zero-order valence-corrected chi connectivity index (χ0v) is 16.4. The van der Waals surface area contributed by atoms with Crippen LogP contribution in [0, 0.1) is 0 Å². The maximum absolute atomic E-state index is 13.0. The fourth-order valence-electron chi connectivity index (χ4n) is 3.20. The van der Waals surface area contributed by atoms with E-state index in [1.54, 1.807) is 4.90 Å². The van der Waals surface area contributed by atoms with Crippen LogP contribution >= 0.6 is 0 Å². The first-order valence-electron chi connectivity index (χ1n) is 9.32. The first kappa shape index (κ1) is 20.2. The molecule has 0 radical (unpaired) electrons. The lowest BCUT2D eigenvalue weighted by Crippen LogP contribution is -2.55. The van der Waals surface area contributed by atoms with E-state index < -0.39 is 11.0 Å². The first-order valence-corrected chi connectivity index (χ1v) is 10.4. The van der Waals surface area contributed by atoms with Gasteiger partial charge in [-0.15, -0.1) is 0 Å². The zero-order valence-electron chi connectivity index (χ0n) is 15.6. The fourth-order valence-corrected chi connectivity index (χ4v) is 4.55. The Hall–Kier alpha value is -2.51. The molecule has 1 saturated heterocycles. The second-order valence-corrected chi connectivity index (χ2v) is 8.03. The van der Waals surface area contributed by atoms with Gasteiger partial charge in [0.05, 0.1) is 4.90 Å². The standard InChI is InChI=1S/C21H24N2O4S/c24-15-7-10-19-16-22(21(25)27-17-18-8-3-1-4-9-18)13-14-23(19)28(26)20-11-5-2-6-12-20/h1-6,8-9,11-12,15,19H,7,10,13-14,16-17H2. The van der Waals surface area contributed by atoms with Gasteiger partial charge in [-0.1, -0.05) is 48.5 Å². The molecule has 0 aromatic heterocycles. The lowest BCUT2D eigenvalue weighted by Gasteiger charge is -2.39. The summed E-state index contributed by atoms with van der Waals surface area (Å²) in [5.74, 6) is 0. The smallest absolute Gasteiger partial charge is 0.410 e. The molecule has 0 spiro atoms. The minimum Gasteiger partial charge on any atom is -0.445 e. The number of rotatable bonds is 7. The Morgan fingerprint density at radius 2 is 1.75 bits per heavy atom. The highest BCUT2D eigenvalue weighted by Crippen LogP contribution is 2.21. The minimum absolute atomic E-state index is 0.163. The lowest BCUT2D eigenvalue weighted by atomic mass is 10.1. The van der Waals surface area contributed by atoms with Crippen LogP contribution in [0.2, 0.25) is 0 Å². The van der Waals surface area contributed by atoms with Gasteiger partial charge in [0.1, 0.15) is 23.9 Å². The van der Waals surface area contributed by atoms with E-state index in [9.17, 15) is 13.8 Å². The van der Waals surface area contributed by atoms with Crippen LogP contribution in [0.25, 0.3) is 0 Å². The second kappa shape index (κ2) is 10.1. The van der Waals surface area contributed by atoms with Crippen LogP contribution in [-0.2, 0) is 27.1 Å². The molecule has 148 valence electrons. The monoisotopic (exact) mass is 400 g/mol. The molecule has 1 aliphatic rings. The van der Waals surface area contributed by atoms with Crippen LogP contribution in [0.1, 0.15) is 18.4 Å². The number of amides is 1. The van der Waals surface area contributed by atoms with E-state index in [1.807, 2.05) is 65.0 Å². The van der Waals surface area contributed by atoms with Crippen molar-refractivity contribution in [2.75, 3.05) is 19.6 Å². The zero-order chi connectivity index (χ0) is 19.8. The average Bonchev–Trinajstić information content (AvgIpc) is 2.76. The molecular formula is C21H24N2O4S. The van der Waals surface area contributed by atoms with Crippen molar-refractivity contribution in [2.45, 2.75) is 30.4 Å². The number of ether oxygens (including phenoxy) is 1. The molecule has 1 amide bonds. The van der Waals surface area contributed by atoms with Crippen LogP contribution in [0.4, 0.5) is 4.79 Å². The molecule has 1 aliphatic heterocycles. The van der Waals surface area contributed by atoms with Crippen molar-refractivity contribution < 1.29 is 18.5 Å². The van der Waals surface area contributed by atoms with E-state index in [2.05, 4.69) is 0 Å². The van der Waals surface area contributed by atoms with Crippen molar-refractivity contribution >= 4 is 23.4 Å². The number of hydrogen-bond acceptors (Lipinski definition) is 4. The minimum atomic E-state index is -1.33. The molecule has 7 heteroatoms. The van der Waals surface area contributed by atoms with Gasteiger partial charge in [0.25, 0.3) is 0 Å². The van der Waals surface area contributed by atoms with Gasteiger partial charge < -0.3 is 14.4 Å². The highest BCUT2D eigenvalue weighted by molar-refractivity contribution is 7.82. The molecule has 0 saturated carbocycles. The third kappa shape index (κ3) is 5.27. The van der Waals surface area contributed by atoms with E-state index in [0.29, 0.717) is 32.5 Å². The number of carbonyl (C=O) groups is 2. The highest BCUT2D eigenvalue weighted by Gasteiger charge is 2.33. The quantitative estimate of drug-likeness (QED) is 0.670. The van der Waals surface area contributed by atoms with Gasteiger partial charge in [-0.2, -0.15) is 0 Å². The molecule has 1 heterocycles. The third-order valence-corrected chi connectivity index (χ3v) is 6.25. The van der Waals surface area contributed by atoms with Crippen molar-refractivity contribution in [2.24, 2.45) is 0 Å². The number of aldehydes is 1. The summed E-state index contributed by atoms with van der Waals surface area (Å²) < 4.78 is 20.3. The van der Waals surface area contributed by atoms with E-state index in [1.165, 1.54) is 0 Å². The van der Waals surface area contributed by atoms with Gasteiger partial charge >= 0.3 is 6.09 Å². The predicted molar refractivity (Wildman–Crippen MR) is 107 cm³/mol. The largest absolute Gasteiger partial charge is 0.445 e. The van der Waals surface area contributed by atoms with Crippen molar-refractivity contribution in [3.05, 3.63) is 66.2 Å². The molecule has 0 bridgehead atoms. The normalized spacial score (nSPS) is 18.4. The summed E-state index contributed by atoms with van der Waals surface area (Å²) in [7, 11) is -1.33. The van der Waals surface area contributed by atoms with Gasteiger partial charge in [-0.25, -0.2) is 13.3 Å². The molecule has 2 aromatic carbocycles. The topological polar surface area (TPSA) is 66.9 Å². The van der Waals surface area contributed by atoms with Gasteiger partial charge in [0, 0.05) is 32.1 Å². The molecular weight excluding hydrogens is 376 g/mol. The molecule has 2 aromatic rings. The van der Waals surface area contributed by atoms with Crippen LogP contribution in [0.15, 0.2) is 65.6 Å². The van der Waals surface area contributed by atoms with Crippen LogP contribution < -0.4 is 0 Å². The van der Waals surface area contributed by atoms with E-state index >= 15 is 0 Å². The lowest BCUT2D eigenvalue weighted by molar-refractivity contribution is -0.108. The van der Waals surface area contributed by atoms with Crippen molar-refractivity contribution in [3.8, 4) is 0 Å². The van der Waals surface area contributed by atoms with Crippen molar-refractivity contribution in [1.82, 2.24) is 9.21 Å². The van der Waals surface area contributed by atoms with Gasteiger partial charge in [0.15, 0.2) is 0 Å². The summed E-state index contributed by atoms with van der Waals surface area (Å²) >= 11 is 0. The maximum atomic E-state index is 13.0. The molecule has 6 nitrogen and oxygen atoms in total. The summed E-state index contributed by atoms with van der Waals surface area (Å²) in [6.07, 6.45) is 1.38. The van der Waals surface area contributed by atoms with Crippen molar-refractivity contribution in [3.63, 3.8) is 0 Å². The number of piperazine rings is 1. The SMILES string of the molecule is O=CCCC1CN(C(=O)OCc2ccccc2)CCN1S(=O)c1ccccc1. The Labute approximate surface area is 167 Å². The maximum Gasteiger partial charge on any atom is 0.410 e. The molecule has 0 aliphatic carbocycles. The van der Waals surface area contributed by atoms with Crippen LogP contribution in [0.5, 0.6) is 0 Å².